The highest BCUT2D eigenvalue weighted by Crippen LogP contribution is 2.33. The minimum Gasteiger partial charge on any atom is -0.448 e. The standard InChI is InChI=1S/C23H22N2O3S/c1-14-13-18-11-7-8-12-19(18)25(14)22(26)16(3)28-23(27)20-15(2)24-21(29-20)17-9-5-4-6-10-17/h4-12,14,16H,13H2,1-3H3/t14-,16+/m1/s1. The summed E-state index contributed by atoms with van der Waals surface area (Å²) in [6, 6.07) is 17.6. The zero-order valence-electron chi connectivity index (χ0n) is 16.6. The van der Waals surface area contributed by atoms with Crippen LogP contribution in [-0.2, 0) is 16.0 Å². The van der Waals surface area contributed by atoms with E-state index in [1.54, 1.807) is 18.7 Å². The Bertz CT molecular complexity index is 1060. The van der Waals surface area contributed by atoms with E-state index in [-0.39, 0.29) is 11.9 Å². The molecule has 0 saturated carbocycles. The molecule has 2 atom stereocenters. The number of carbonyl (C=O) groups excluding carboxylic acids is 2. The third-order valence-corrected chi connectivity index (χ3v) is 6.27. The number of carbonyl (C=O) groups is 2. The van der Waals surface area contributed by atoms with E-state index in [0.29, 0.717) is 10.6 Å². The van der Waals surface area contributed by atoms with Crippen molar-refractivity contribution in [2.24, 2.45) is 0 Å². The number of amides is 1. The number of thiazole rings is 1. The number of nitrogens with zero attached hydrogens (tertiary/aromatic N) is 2. The molecular weight excluding hydrogens is 384 g/mol. The highest BCUT2D eigenvalue weighted by Gasteiger charge is 2.35. The smallest absolute Gasteiger partial charge is 0.351 e. The van der Waals surface area contributed by atoms with E-state index >= 15 is 0 Å². The molecule has 0 bridgehead atoms. The fourth-order valence-electron chi connectivity index (χ4n) is 3.65. The van der Waals surface area contributed by atoms with Crippen molar-refractivity contribution in [3.05, 3.63) is 70.7 Å². The predicted molar refractivity (Wildman–Crippen MR) is 114 cm³/mol. The van der Waals surface area contributed by atoms with E-state index < -0.39 is 12.1 Å². The van der Waals surface area contributed by atoms with Gasteiger partial charge in [-0.05, 0) is 38.8 Å². The highest BCUT2D eigenvalue weighted by molar-refractivity contribution is 7.17. The molecule has 0 aliphatic carbocycles. The zero-order valence-corrected chi connectivity index (χ0v) is 17.4. The second kappa shape index (κ2) is 7.79. The maximum absolute atomic E-state index is 13.0. The molecule has 0 saturated heterocycles. The summed E-state index contributed by atoms with van der Waals surface area (Å²) in [4.78, 5) is 32.4. The molecule has 0 unspecified atom stereocenters. The van der Waals surface area contributed by atoms with Crippen LogP contribution in [0.2, 0.25) is 0 Å². The van der Waals surface area contributed by atoms with E-state index in [0.717, 1.165) is 28.2 Å². The largest absolute Gasteiger partial charge is 0.448 e. The SMILES string of the molecule is Cc1nc(-c2ccccc2)sc1C(=O)O[C@@H](C)C(=O)N1c2ccccc2C[C@H]1C. The summed E-state index contributed by atoms with van der Waals surface area (Å²) >= 11 is 1.29. The molecule has 1 aromatic heterocycles. The molecule has 1 amide bonds. The van der Waals surface area contributed by atoms with Crippen molar-refractivity contribution in [3.8, 4) is 10.6 Å². The van der Waals surface area contributed by atoms with Crippen LogP contribution in [0.25, 0.3) is 10.6 Å². The number of rotatable bonds is 4. The minimum atomic E-state index is -0.877. The van der Waals surface area contributed by atoms with E-state index in [1.807, 2.05) is 61.5 Å². The number of esters is 1. The molecular formula is C23H22N2O3S. The van der Waals surface area contributed by atoms with Crippen LogP contribution >= 0.6 is 11.3 Å². The summed E-state index contributed by atoms with van der Waals surface area (Å²) in [5.41, 5.74) is 3.59. The van der Waals surface area contributed by atoms with Gasteiger partial charge in [0.15, 0.2) is 6.10 Å². The van der Waals surface area contributed by atoms with E-state index in [1.165, 1.54) is 11.3 Å². The lowest BCUT2D eigenvalue weighted by molar-refractivity contribution is -0.126. The number of benzene rings is 2. The maximum atomic E-state index is 13.0. The molecule has 3 aromatic rings. The van der Waals surface area contributed by atoms with Crippen molar-refractivity contribution in [2.75, 3.05) is 4.90 Å². The van der Waals surface area contributed by atoms with Crippen molar-refractivity contribution < 1.29 is 14.3 Å². The summed E-state index contributed by atoms with van der Waals surface area (Å²) in [6.07, 6.45) is -0.0745. The summed E-state index contributed by atoms with van der Waals surface area (Å²) in [5, 5.41) is 0.760. The Labute approximate surface area is 174 Å². The number of ether oxygens (including phenoxy) is 1. The van der Waals surface area contributed by atoms with Crippen molar-refractivity contribution in [1.82, 2.24) is 4.98 Å². The third kappa shape index (κ3) is 3.68. The van der Waals surface area contributed by atoms with Gasteiger partial charge in [-0.3, -0.25) is 4.79 Å². The number of hydrogen-bond donors (Lipinski definition) is 0. The number of anilines is 1. The molecule has 148 valence electrons. The van der Waals surface area contributed by atoms with Crippen LogP contribution in [0.1, 0.15) is 34.8 Å². The third-order valence-electron chi connectivity index (χ3n) is 5.08. The normalized spacial score (nSPS) is 16.4. The molecule has 0 fully saturated rings. The van der Waals surface area contributed by atoms with Crippen molar-refractivity contribution in [1.29, 1.82) is 0 Å². The first-order valence-electron chi connectivity index (χ1n) is 9.60. The second-order valence-electron chi connectivity index (χ2n) is 7.24. The monoisotopic (exact) mass is 406 g/mol. The Kier molecular flexibility index (Phi) is 5.20. The minimum absolute atomic E-state index is 0.0378. The topological polar surface area (TPSA) is 59.5 Å². The number of aryl methyl sites for hydroxylation is 1. The van der Waals surface area contributed by atoms with Gasteiger partial charge in [-0.1, -0.05) is 48.5 Å². The van der Waals surface area contributed by atoms with Gasteiger partial charge >= 0.3 is 5.97 Å². The number of fused-ring (bicyclic) bond motifs is 1. The fraction of sp³-hybridized carbons (Fsp3) is 0.261. The first-order valence-corrected chi connectivity index (χ1v) is 10.4. The number of hydrogen-bond acceptors (Lipinski definition) is 5. The van der Waals surface area contributed by atoms with Gasteiger partial charge in [0, 0.05) is 17.3 Å². The Morgan fingerprint density at radius 2 is 1.83 bits per heavy atom. The molecule has 0 radical (unpaired) electrons. The molecule has 1 aliphatic rings. The highest BCUT2D eigenvalue weighted by atomic mass is 32.1. The van der Waals surface area contributed by atoms with Gasteiger partial charge in [-0.15, -0.1) is 11.3 Å². The number of aromatic nitrogens is 1. The first-order chi connectivity index (χ1) is 14.0. The lowest BCUT2D eigenvalue weighted by Crippen LogP contribution is -2.43. The predicted octanol–water partition coefficient (Wildman–Crippen LogP) is 4.64. The van der Waals surface area contributed by atoms with Crippen LogP contribution in [0.4, 0.5) is 5.69 Å². The van der Waals surface area contributed by atoms with Gasteiger partial charge in [0.25, 0.3) is 5.91 Å². The van der Waals surface area contributed by atoms with E-state index in [2.05, 4.69) is 4.98 Å². The second-order valence-corrected chi connectivity index (χ2v) is 8.24. The van der Waals surface area contributed by atoms with E-state index in [4.69, 9.17) is 4.74 Å². The Morgan fingerprint density at radius 1 is 1.14 bits per heavy atom. The van der Waals surface area contributed by atoms with Crippen LogP contribution in [0.15, 0.2) is 54.6 Å². The Morgan fingerprint density at radius 3 is 2.59 bits per heavy atom. The molecule has 6 heteroatoms. The molecule has 5 nitrogen and oxygen atoms in total. The summed E-state index contributed by atoms with van der Waals surface area (Å²) < 4.78 is 5.54. The van der Waals surface area contributed by atoms with Crippen LogP contribution in [-0.4, -0.2) is 29.0 Å². The molecule has 29 heavy (non-hydrogen) atoms. The fourth-order valence-corrected chi connectivity index (χ4v) is 4.61. The van der Waals surface area contributed by atoms with Crippen molar-refractivity contribution >= 4 is 28.9 Å². The van der Waals surface area contributed by atoms with Gasteiger partial charge in [0.1, 0.15) is 9.88 Å². The molecule has 2 aromatic carbocycles. The Balaban J connectivity index is 1.50. The first kappa shape index (κ1) is 19.3. The average Bonchev–Trinajstić information content (AvgIpc) is 3.27. The Hall–Kier alpha value is -2.99. The van der Waals surface area contributed by atoms with Crippen molar-refractivity contribution in [2.45, 2.75) is 39.3 Å². The van der Waals surface area contributed by atoms with Crippen LogP contribution < -0.4 is 4.90 Å². The summed E-state index contributed by atoms with van der Waals surface area (Å²) in [5.74, 6) is -0.718. The average molecular weight is 407 g/mol. The van der Waals surface area contributed by atoms with E-state index in [9.17, 15) is 9.59 Å². The van der Waals surface area contributed by atoms with Gasteiger partial charge in [-0.25, -0.2) is 9.78 Å². The van der Waals surface area contributed by atoms with Gasteiger partial charge < -0.3 is 9.64 Å². The molecule has 1 aliphatic heterocycles. The van der Waals surface area contributed by atoms with Gasteiger partial charge in [-0.2, -0.15) is 0 Å². The summed E-state index contributed by atoms with van der Waals surface area (Å²) in [6.45, 7) is 5.42. The molecule has 4 rings (SSSR count). The number of para-hydroxylation sites is 1. The van der Waals surface area contributed by atoms with Crippen LogP contribution in [0.5, 0.6) is 0 Å². The molecule has 0 spiro atoms. The van der Waals surface area contributed by atoms with Crippen molar-refractivity contribution in [3.63, 3.8) is 0 Å². The summed E-state index contributed by atoms with van der Waals surface area (Å²) in [7, 11) is 0. The maximum Gasteiger partial charge on any atom is 0.351 e. The molecule has 2 heterocycles. The molecule has 0 N–H and O–H groups in total. The zero-order chi connectivity index (χ0) is 20.5. The quantitative estimate of drug-likeness (QED) is 0.592. The van der Waals surface area contributed by atoms with Crippen LogP contribution in [0.3, 0.4) is 0 Å². The lowest BCUT2D eigenvalue weighted by atomic mass is 10.1. The van der Waals surface area contributed by atoms with Gasteiger partial charge in [0.05, 0.1) is 5.69 Å². The van der Waals surface area contributed by atoms with Gasteiger partial charge in [0.2, 0.25) is 0 Å². The van der Waals surface area contributed by atoms with Crippen LogP contribution in [0, 0.1) is 6.92 Å². The lowest BCUT2D eigenvalue weighted by Gasteiger charge is -2.25.